The van der Waals surface area contributed by atoms with Crippen LogP contribution in [0.15, 0.2) is 4.99 Å². The highest BCUT2D eigenvalue weighted by Gasteiger charge is 2.35. The summed E-state index contributed by atoms with van der Waals surface area (Å²) in [5.74, 6) is 1.39. The van der Waals surface area contributed by atoms with E-state index in [0.29, 0.717) is 25.5 Å². The third kappa shape index (κ3) is 6.61. The first-order valence-electron chi connectivity index (χ1n) is 9.60. The zero-order chi connectivity index (χ0) is 19.4. The summed E-state index contributed by atoms with van der Waals surface area (Å²) in [5.41, 5.74) is 0.00426. The van der Waals surface area contributed by atoms with Crippen molar-refractivity contribution in [3.8, 4) is 0 Å². The highest BCUT2D eigenvalue weighted by molar-refractivity contribution is 5.80. The van der Waals surface area contributed by atoms with Gasteiger partial charge in [0.2, 0.25) is 0 Å². The van der Waals surface area contributed by atoms with Crippen LogP contribution in [-0.4, -0.2) is 79.8 Å². The minimum Gasteiger partial charge on any atom is -0.355 e. The van der Waals surface area contributed by atoms with E-state index in [1.807, 2.05) is 0 Å². The lowest BCUT2D eigenvalue weighted by molar-refractivity contribution is -0.143. The zero-order valence-electron chi connectivity index (χ0n) is 16.5. The van der Waals surface area contributed by atoms with Gasteiger partial charge in [0.05, 0.1) is 6.54 Å². The van der Waals surface area contributed by atoms with E-state index >= 15 is 0 Å². The molecule has 0 saturated carbocycles. The molecule has 2 heterocycles. The maximum absolute atomic E-state index is 12.5. The van der Waals surface area contributed by atoms with E-state index in [4.69, 9.17) is 0 Å². The van der Waals surface area contributed by atoms with E-state index in [1.165, 1.54) is 17.7 Å². The number of halogens is 3. The van der Waals surface area contributed by atoms with E-state index in [2.05, 4.69) is 41.3 Å². The van der Waals surface area contributed by atoms with Crippen LogP contribution in [0.4, 0.5) is 13.2 Å². The molecule has 0 amide bonds. The van der Waals surface area contributed by atoms with Gasteiger partial charge in [-0.15, -0.1) is 0 Å². The summed E-state index contributed by atoms with van der Waals surface area (Å²) in [6.45, 7) is 9.74. The molecule has 0 aromatic rings. The SMILES string of the molecule is CN=C(NCC(C)(C)N1CCCC(C)C1)NC1CCN(CC(F)(F)F)C1. The van der Waals surface area contributed by atoms with Crippen LogP contribution in [-0.2, 0) is 0 Å². The van der Waals surface area contributed by atoms with Gasteiger partial charge in [0.1, 0.15) is 0 Å². The number of hydrogen-bond acceptors (Lipinski definition) is 3. The monoisotopic (exact) mass is 377 g/mol. The van der Waals surface area contributed by atoms with Gasteiger partial charge < -0.3 is 10.6 Å². The Morgan fingerprint density at radius 2 is 1.88 bits per heavy atom. The van der Waals surface area contributed by atoms with Gasteiger partial charge in [0, 0.05) is 44.8 Å². The molecule has 5 nitrogen and oxygen atoms in total. The van der Waals surface area contributed by atoms with Crippen molar-refractivity contribution in [1.29, 1.82) is 0 Å². The van der Waals surface area contributed by atoms with Crippen LogP contribution < -0.4 is 10.6 Å². The average molecular weight is 377 g/mol. The first-order valence-corrected chi connectivity index (χ1v) is 9.60. The summed E-state index contributed by atoms with van der Waals surface area (Å²) in [6, 6.07) is 0.00155. The molecule has 0 aromatic heterocycles. The summed E-state index contributed by atoms with van der Waals surface area (Å²) in [5, 5.41) is 6.65. The van der Waals surface area contributed by atoms with Crippen molar-refractivity contribution in [3.05, 3.63) is 0 Å². The molecule has 2 aliphatic rings. The molecule has 2 saturated heterocycles. The van der Waals surface area contributed by atoms with Crippen molar-refractivity contribution in [3.63, 3.8) is 0 Å². The molecule has 8 heteroatoms. The number of guanidine groups is 1. The molecule has 0 spiro atoms. The smallest absolute Gasteiger partial charge is 0.355 e. The number of alkyl halides is 3. The second-order valence-corrected chi connectivity index (χ2v) is 8.41. The summed E-state index contributed by atoms with van der Waals surface area (Å²) < 4.78 is 37.6. The first-order chi connectivity index (χ1) is 12.1. The lowest BCUT2D eigenvalue weighted by atomic mass is 9.93. The first kappa shape index (κ1) is 21.3. The summed E-state index contributed by atoms with van der Waals surface area (Å²) in [7, 11) is 1.70. The third-order valence-corrected chi connectivity index (χ3v) is 5.44. The van der Waals surface area contributed by atoms with E-state index in [1.54, 1.807) is 7.05 Å². The number of nitrogens with zero attached hydrogens (tertiary/aromatic N) is 3. The fourth-order valence-electron chi connectivity index (χ4n) is 3.89. The molecule has 26 heavy (non-hydrogen) atoms. The number of aliphatic imine (C=N–C) groups is 1. The molecule has 2 aliphatic heterocycles. The number of piperidine rings is 1. The maximum Gasteiger partial charge on any atom is 0.401 e. The van der Waals surface area contributed by atoms with Crippen LogP contribution in [0.1, 0.15) is 40.0 Å². The van der Waals surface area contributed by atoms with Gasteiger partial charge in [-0.1, -0.05) is 6.92 Å². The normalized spacial score (nSPS) is 27.0. The van der Waals surface area contributed by atoms with Gasteiger partial charge in [0.15, 0.2) is 5.96 Å². The maximum atomic E-state index is 12.5. The van der Waals surface area contributed by atoms with Crippen LogP contribution in [0.25, 0.3) is 0 Å². The Bertz CT molecular complexity index is 478. The molecule has 2 rings (SSSR count). The molecule has 2 fully saturated rings. The second kappa shape index (κ2) is 8.78. The van der Waals surface area contributed by atoms with Crippen molar-refractivity contribution in [2.75, 3.05) is 46.3 Å². The van der Waals surface area contributed by atoms with Crippen LogP contribution in [0.5, 0.6) is 0 Å². The van der Waals surface area contributed by atoms with E-state index < -0.39 is 12.7 Å². The lowest BCUT2D eigenvalue weighted by Gasteiger charge is -2.43. The number of hydrogen-bond donors (Lipinski definition) is 2. The molecule has 152 valence electrons. The van der Waals surface area contributed by atoms with Crippen molar-refractivity contribution in [2.24, 2.45) is 10.9 Å². The lowest BCUT2D eigenvalue weighted by Crippen LogP contribution is -2.56. The van der Waals surface area contributed by atoms with Crippen molar-refractivity contribution < 1.29 is 13.2 Å². The molecule has 2 unspecified atom stereocenters. The molecule has 2 atom stereocenters. The predicted molar refractivity (Wildman–Crippen MR) is 99.4 cm³/mol. The Balaban J connectivity index is 1.79. The molecular formula is C18H34F3N5. The molecule has 0 bridgehead atoms. The highest BCUT2D eigenvalue weighted by Crippen LogP contribution is 2.23. The standard InChI is InChI=1S/C18H34F3N5/c1-14-6-5-8-26(10-14)17(2,3)12-23-16(22-4)24-15-7-9-25(11-15)13-18(19,20)21/h14-15H,5-13H2,1-4H3,(H2,22,23,24). The van der Waals surface area contributed by atoms with Crippen LogP contribution in [0.2, 0.25) is 0 Å². The Hall–Kier alpha value is -1.02. The van der Waals surface area contributed by atoms with Gasteiger partial charge >= 0.3 is 6.18 Å². The molecule has 0 aliphatic carbocycles. The van der Waals surface area contributed by atoms with Crippen molar-refractivity contribution in [2.45, 2.75) is 57.8 Å². The van der Waals surface area contributed by atoms with Gasteiger partial charge in [-0.3, -0.25) is 14.8 Å². The van der Waals surface area contributed by atoms with Crippen LogP contribution in [0, 0.1) is 5.92 Å². The van der Waals surface area contributed by atoms with E-state index in [9.17, 15) is 13.2 Å². The Morgan fingerprint density at radius 1 is 1.15 bits per heavy atom. The number of nitrogens with one attached hydrogen (secondary N) is 2. The fourth-order valence-corrected chi connectivity index (χ4v) is 3.89. The van der Waals surface area contributed by atoms with Crippen molar-refractivity contribution in [1.82, 2.24) is 20.4 Å². The third-order valence-electron chi connectivity index (χ3n) is 5.44. The molecule has 0 radical (unpaired) electrons. The predicted octanol–water partition coefficient (Wildman–Crippen LogP) is 2.30. The Morgan fingerprint density at radius 3 is 2.50 bits per heavy atom. The Kier molecular flexibility index (Phi) is 7.19. The van der Waals surface area contributed by atoms with Crippen LogP contribution in [0.3, 0.4) is 0 Å². The van der Waals surface area contributed by atoms with Crippen molar-refractivity contribution >= 4 is 5.96 Å². The number of likely N-dealkylation sites (tertiary alicyclic amines) is 2. The second-order valence-electron chi connectivity index (χ2n) is 8.41. The number of rotatable bonds is 5. The summed E-state index contributed by atoms with van der Waals surface area (Å²) in [6.07, 6.45) is -0.914. The molecule has 0 aromatic carbocycles. The van der Waals surface area contributed by atoms with E-state index in [-0.39, 0.29) is 11.6 Å². The largest absolute Gasteiger partial charge is 0.401 e. The van der Waals surface area contributed by atoms with Gasteiger partial charge in [-0.25, -0.2) is 0 Å². The van der Waals surface area contributed by atoms with E-state index in [0.717, 1.165) is 25.6 Å². The topological polar surface area (TPSA) is 42.9 Å². The summed E-state index contributed by atoms with van der Waals surface area (Å²) in [4.78, 5) is 8.21. The highest BCUT2D eigenvalue weighted by atomic mass is 19.4. The molecule has 2 N–H and O–H groups in total. The zero-order valence-corrected chi connectivity index (χ0v) is 16.5. The quantitative estimate of drug-likeness (QED) is 0.570. The van der Waals surface area contributed by atoms with Crippen LogP contribution >= 0.6 is 0 Å². The minimum absolute atomic E-state index is 0.00155. The van der Waals surface area contributed by atoms with Gasteiger partial charge in [-0.2, -0.15) is 13.2 Å². The average Bonchev–Trinajstić information content (AvgIpc) is 2.96. The summed E-state index contributed by atoms with van der Waals surface area (Å²) >= 11 is 0. The fraction of sp³-hybridized carbons (Fsp3) is 0.944. The van der Waals surface area contributed by atoms with Gasteiger partial charge in [-0.05, 0) is 45.6 Å². The van der Waals surface area contributed by atoms with Gasteiger partial charge in [0.25, 0.3) is 0 Å². The Labute approximate surface area is 155 Å². The minimum atomic E-state index is -4.13. The molecular weight excluding hydrogens is 343 g/mol.